The van der Waals surface area contributed by atoms with Crippen molar-refractivity contribution >= 4 is 29.9 Å². The molecule has 3 unspecified atom stereocenters. The summed E-state index contributed by atoms with van der Waals surface area (Å²) >= 11 is 0. The maximum absolute atomic E-state index is 9.96. The maximum atomic E-state index is 9.96. The van der Waals surface area contributed by atoms with Gasteiger partial charge in [0.2, 0.25) is 0 Å². The normalized spacial score (nSPS) is 28.7. The molecule has 136 valence electrons. The fourth-order valence-corrected chi connectivity index (χ4v) is 3.82. The summed E-state index contributed by atoms with van der Waals surface area (Å²) in [4.78, 5) is 9.63. The summed E-state index contributed by atoms with van der Waals surface area (Å²) in [5.74, 6) is 1.34. The van der Waals surface area contributed by atoms with Gasteiger partial charge in [-0.2, -0.15) is 0 Å². The van der Waals surface area contributed by atoms with Gasteiger partial charge in [-0.3, -0.25) is 9.89 Å². The van der Waals surface area contributed by atoms with Crippen molar-refractivity contribution < 1.29 is 5.11 Å². The van der Waals surface area contributed by atoms with Crippen LogP contribution in [0.4, 0.5) is 0 Å². The van der Waals surface area contributed by atoms with E-state index in [1.807, 2.05) is 0 Å². The molecule has 2 rings (SSSR count). The molecule has 1 heterocycles. The molecule has 5 nitrogen and oxygen atoms in total. The lowest BCUT2D eigenvalue weighted by molar-refractivity contribution is 0.136. The van der Waals surface area contributed by atoms with Crippen molar-refractivity contribution in [1.82, 2.24) is 15.1 Å². The summed E-state index contributed by atoms with van der Waals surface area (Å²) < 4.78 is 0. The molecule has 0 bridgehead atoms. The van der Waals surface area contributed by atoms with Crippen LogP contribution in [0, 0.1) is 5.92 Å². The Morgan fingerprint density at radius 1 is 1.26 bits per heavy atom. The molecule has 2 N–H and O–H groups in total. The summed E-state index contributed by atoms with van der Waals surface area (Å²) in [7, 11) is 2.14. The van der Waals surface area contributed by atoms with Crippen molar-refractivity contribution in [3.63, 3.8) is 0 Å². The van der Waals surface area contributed by atoms with E-state index in [0.717, 1.165) is 51.4 Å². The number of rotatable bonds is 6. The molecule has 1 aliphatic heterocycles. The van der Waals surface area contributed by atoms with Crippen molar-refractivity contribution in [1.29, 1.82) is 0 Å². The van der Waals surface area contributed by atoms with Gasteiger partial charge in [0.05, 0.1) is 6.10 Å². The number of nitrogens with one attached hydrogen (secondary N) is 1. The first-order valence-corrected chi connectivity index (χ1v) is 9.07. The number of aliphatic hydroxyl groups excluding tert-OH is 1. The number of nitrogens with zero attached hydrogens (tertiary/aromatic N) is 3. The molecular formula is C17H35IN4O. The van der Waals surface area contributed by atoms with Gasteiger partial charge in [-0.05, 0) is 45.7 Å². The molecule has 0 amide bonds. The molecule has 0 aromatic heterocycles. The number of aliphatic hydroxyl groups is 1. The Hall–Kier alpha value is -0.0800. The minimum atomic E-state index is -0.151. The third-order valence-electron chi connectivity index (χ3n) is 5.18. The van der Waals surface area contributed by atoms with Crippen LogP contribution in [0.2, 0.25) is 0 Å². The lowest BCUT2D eigenvalue weighted by Crippen LogP contribution is -2.46. The first-order chi connectivity index (χ1) is 10.7. The van der Waals surface area contributed by atoms with Crippen LogP contribution in [0.1, 0.15) is 46.0 Å². The summed E-state index contributed by atoms with van der Waals surface area (Å²) in [6.45, 7) is 9.40. The third kappa shape index (κ3) is 6.05. The Morgan fingerprint density at radius 3 is 2.65 bits per heavy atom. The second-order valence-electron chi connectivity index (χ2n) is 6.76. The lowest BCUT2D eigenvalue weighted by atomic mass is 10.1. The highest BCUT2D eigenvalue weighted by atomic mass is 127. The summed E-state index contributed by atoms with van der Waals surface area (Å²) in [5, 5.41) is 13.4. The Balaban J connectivity index is 0.00000264. The SMILES string of the molecule is CCNC(=NCC1CCCC1O)N(C)CC1CCCN1CC.I. The molecule has 0 aromatic rings. The highest BCUT2D eigenvalue weighted by molar-refractivity contribution is 14.0. The minimum Gasteiger partial charge on any atom is -0.393 e. The fourth-order valence-electron chi connectivity index (χ4n) is 3.82. The molecule has 6 heteroatoms. The van der Waals surface area contributed by atoms with Crippen LogP contribution in [0.5, 0.6) is 0 Å². The zero-order chi connectivity index (χ0) is 15.9. The summed E-state index contributed by atoms with van der Waals surface area (Å²) in [6, 6.07) is 0.649. The molecule has 2 fully saturated rings. The number of guanidine groups is 1. The number of likely N-dealkylation sites (tertiary alicyclic amines) is 1. The summed E-state index contributed by atoms with van der Waals surface area (Å²) in [5.41, 5.74) is 0. The van der Waals surface area contributed by atoms with Crippen LogP contribution in [0.25, 0.3) is 0 Å². The van der Waals surface area contributed by atoms with Crippen molar-refractivity contribution in [3.8, 4) is 0 Å². The number of likely N-dealkylation sites (N-methyl/N-ethyl adjacent to an activating group) is 2. The van der Waals surface area contributed by atoms with Gasteiger partial charge in [0.25, 0.3) is 0 Å². The Bertz CT molecular complexity index is 367. The molecule has 0 radical (unpaired) electrons. The molecule has 2 aliphatic rings. The van der Waals surface area contributed by atoms with Gasteiger partial charge in [-0.15, -0.1) is 24.0 Å². The van der Waals surface area contributed by atoms with E-state index >= 15 is 0 Å². The van der Waals surface area contributed by atoms with Crippen LogP contribution in [0.15, 0.2) is 4.99 Å². The Kier molecular flexibility index (Phi) is 9.77. The smallest absolute Gasteiger partial charge is 0.193 e. The summed E-state index contributed by atoms with van der Waals surface area (Å²) in [6.07, 6.45) is 5.65. The van der Waals surface area contributed by atoms with Crippen molar-refractivity contribution in [2.75, 3.05) is 39.8 Å². The van der Waals surface area contributed by atoms with Gasteiger partial charge in [0.1, 0.15) is 0 Å². The third-order valence-corrected chi connectivity index (χ3v) is 5.18. The topological polar surface area (TPSA) is 51.1 Å². The highest BCUT2D eigenvalue weighted by Crippen LogP contribution is 2.25. The zero-order valence-electron chi connectivity index (χ0n) is 15.0. The van der Waals surface area contributed by atoms with Crippen molar-refractivity contribution in [2.24, 2.45) is 10.9 Å². The number of aliphatic imine (C=N–C) groups is 1. The van der Waals surface area contributed by atoms with E-state index in [1.165, 1.54) is 19.4 Å². The largest absolute Gasteiger partial charge is 0.393 e. The van der Waals surface area contributed by atoms with E-state index in [2.05, 4.69) is 36.0 Å². The maximum Gasteiger partial charge on any atom is 0.193 e. The average Bonchev–Trinajstić information content (AvgIpc) is 3.12. The van der Waals surface area contributed by atoms with E-state index < -0.39 is 0 Å². The van der Waals surface area contributed by atoms with Gasteiger partial charge in [-0.1, -0.05) is 13.3 Å². The first-order valence-electron chi connectivity index (χ1n) is 9.07. The van der Waals surface area contributed by atoms with E-state index in [-0.39, 0.29) is 30.1 Å². The first kappa shape index (κ1) is 21.0. The quantitative estimate of drug-likeness (QED) is 0.379. The van der Waals surface area contributed by atoms with E-state index in [4.69, 9.17) is 4.99 Å². The lowest BCUT2D eigenvalue weighted by Gasteiger charge is -2.30. The second kappa shape index (κ2) is 10.7. The van der Waals surface area contributed by atoms with Crippen molar-refractivity contribution in [2.45, 2.75) is 58.1 Å². The second-order valence-corrected chi connectivity index (χ2v) is 6.76. The van der Waals surface area contributed by atoms with Gasteiger partial charge >= 0.3 is 0 Å². The molecule has 1 aliphatic carbocycles. The number of halogens is 1. The minimum absolute atomic E-state index is 0. The fraction of sp³-hybridized carbons (Fsp3) is 0.941. The Morgan fingerprint density at radius 2 is 2.04 bits per heavy atom. The molecule has 23 heavy (non-hydrogen) atoms. The predicted molar refractivity (Wildman–Crippen MR) is 108 cm³/mol. The van der Waals surface area contributed by atoms with E-state index in [0.29, 0.717) is 12.0 Å². The van der Waals surface area contributed by atoms with Gasteiger partial charge < -0.3 is 15.3 Å². The van der Waals surface area contributed by atoms with Crippen LogP contribution in [0.3, 0.4) is 0 Å². The van der Waals surface area contributed by atoms with Crippen LogP contribution >= 0.6 is 24.0 Å². The van der Waals surface area contributed by atoms with Gasteiger partial charge in [-0.25, -0.2) is 0 Å². The van der Waals surface area contributed by atoms with Crippen LogP contribution < -0.4 is 5.32 Å². The van der Waals surface area contributed by atoms with E-state index in [9.17, 15) is 5.11 Å². The molecule has 0 spiro atoms. The van der Waals surface area contributed by atoms with Crippen LogP contribution in [-0.4, -0.2) is 72.8 Å². The monoisotopic (exact) mass is 438 g/mol. The van der Waals surface area contributed by atoms with Crippen molar-refractivity contribution in [3.05, 3.63) is 0 Å². The highest BCUT2D eigenvalue weighted by Gasteiger charge is 2.26. The van der Waals surface area contributed by atoms with E-state index in [1.54, 1.807) is 0 Å². The standard InChI is InChI=1S/C17H34N4O.HI/c1-4-18-17(19-12-14-8-6-10-16(14)22)20(3)13-15-9-7-11-21(15)5-2;/h14-16,22H,4-13H2,1-3H3,(H,18,19);1H. The molecule has 3 atom stereocenters. The van der Waals surface area contributed by atoms with Gasteiger partial charge in [0, 0.05) is 38.6 Å². The molecule has 1 saturated heterocycles. The van der Waals surface area contributed by atoms with Gasteiger partial charge in [0.15, 0.2) is 5.96 Å². The average molecular weight is 438 g/mol. The molecule has 0 aromatic carbocycles. The zero-order valence-corrected chi connectivity index (χ0v) is 17.3. The number of hydrogen-bond acceptors (Lipinski definition) is 3. The molecular weight excluding hydrogens is 403 g/mol. The predicted octanol–water partition coefficient (Wildman–Crippen LogP) is 2.15. The Labute approximate surface area is 158 Å². The van der Waals surface area contributed by atoms with Crippen LogP contribution in [-0.2, 0) is 0 Å². The molecule has 1 saturated carbocycles. The number of hydrogen-bond donors (Lipinski definition) is 2.